The SMILES string of the molecule is C[C@H]1CCCC[C@@H]1NC(=O)NC(=O)COC(=O)C1CCC1. The summed E-state index contributed by atoms with van der Waals surface area (Å²) in [5.41, 5.74) is 0. The summed E-state index contributed by atoms with van der Waals surface area (Å²) >= 11 is 0. The molecule has 2 N–H and O–H groups in total. The molecule has 2 fully saturated rings. The monoisotopic (exact) mass is 296 g/mol. The highest BCUT2D eigenvalue weighted by Crippen LogP contribution is 2.27. The van der Waals surface area contributed by atoms with Crippen molar-refractivity contribution < 1.29 is 19.1 Å². The van der Waals surface area contributed by atoms with Crippen LogP contribution in [0.4, 0.5) is 4.79 Å². The largest absolute Gasteiger partial charge is 0.455 e. The lowest BCUT2D eigenvalue weighted by atomic mass is 9.86. The molecular formula is C15H24N2O4. The summed E-state index contributed by atoms with van der Waals surface area (Å²) in [6.45, 7) is 1.72. The molecular weight excluding hydrogens is 272 g/mol. The Morgan fingerprint density at radius 2 is 1.76 bits per heavy atom. The topological polar surface area (TPSA) is 84.5 Å². The van der Waals surface area contributed by atoms with Crippen molar-refractivity contribution in [3.8, 4) is 0 Å². The fraction of sp³-hybridized carbons (Fsp3) is 0.800. The molecule has 0 aromatic heterocycles. The third-order valence-electron chi connectivity index (χ3n) is 4.46. The van der Waals surface area contributed by atoms with Crippen molar-refractivity contribution in [1.29, 1.82) is 0 Å². The molecule has 2 aliphatic rings. The van der Waals surface area contributed by atoms with Crippen molar-refractivity contribution in [2.75, 3.05) is 6.61 Å². The van der Waals surface area contributed by atoms with Gasteiger partial charge in [0.25, 0.3) is 5.91 Å². The standard InChI is InChI=1S/C15H24N2O4/c1-10-5-2-3-8-12(10)16-15(20)17-13(18)9-21-14(19)11-6-4-7-11/h10-12H,2-9H2,1H3,(H2,16,17,18,20)/t10-,12-/m0/s1. The maximum absolute atomic E-state index is 11.7. The number of ether oxygens (including phenoxy) is 1. The molecule has 2 saturated carbocycles. The van der Waals surface area contributed by atoms with Gasteiger partial charge in [-0.15, -0.1) is 0 Å². The molecule has 0 bridgehead atoms. The van der Waals surface area contributed by atoms with Gasteiger partial charge < -0.3 is 10.1 Å². The Labute approximate surface area is 125 Å². The number of carbonyl (C=O) groups is 3. The van der Waals surface area contributed by atoms with Crippen LogP contribution in [0, 0.1) is 11.8 Å². The summed E-state index contributed by atoms with van der Waals surface area (Å²) in [7, 11) is 0. The number of urea groups is 1. The fourth-order valence-electron chi connectivity index (χ4n) is 2.80. The minimum Gasteiger partial charge on any atom is -0.455 e. The van der Waals surface area contributed by atoms with Crippen LogP contribution in [0.3, 0.4) is 0 Å². The van der Waals surface area contributed by atoms with E-state index in [4.69, 9.17) is 4.74 Å². The van der Waals surface area contributed by atoms with Crippen LogP contribution in [0.1, 0.15) is 51.9 Å². The highest BCUT2D eigenvalue weighted by molar-refractivity contribution is 5.95. The Morgan fingerprint density at radius 1 is 1.05 bits per heavy atom. The molecule has 118 valence electrons. The second kappa shape index (κ2) is 7.43. The molecule has 2 rings (SSSR count). The number of hydrogen-bond acceptors (Lipinski definition) is 4. The van der Waals surface area contributed by atoms with E-state index in [0.29, 0.717) is 5.92 Å². The second-order valence-electron chi connectivity index (χ2n) is 6.13. The van der Waals surface area contributed by atoms with Crippen LogP contribution < -0.4 is 10.6 Å². The molecule has 0 unspecified atom stereocenters. The van der Waals surface area contributed by atoms with E-state index >= 15 is 0 Å². The van der Waals surface area contributed by atoms with Gasteiger partial charge in [0.15, 0.2) is 6.61 Å². The normalized spacial score (nSPS) is 25.6. The first-order valence-electron chi connectivity index (χ1n) is 7.83. The summed E-state index contributed by atoms with van der Waals surface area (Å²) in [5.74, 6) is -0.549. The lowest BCUT2D eigenvalue weighted by Crippen LogP contribution is -2.48. The van der Waals surface area contributed by atoms with Crippen LogP contribution in [-0.2, 0) is 14.3 Å². The van der Waals surface area contributed by atoms with Crippen molar-refractivity contribution in [2.24, 2.45) is 11.8 Å². The van der Waals surface area contributed by atoms with E-state index in [-0.39, 0.29) is 24.5 Å². The first-order valence-corrected chi connectivity index (χ1v) is 7.83. The summed E-state index contributed by atoms with van der Waals surface area (Å²) in [6.07, 6.45) is 7.03. The number of amides is 3. The van der Waals surface area contributed by atoms with Gasteiger partial charge in [-0.25, -0.2) is 4.79 Å². The fourth-order valence-corrected chi connectivity index (χ4v) is 2.80. The zero-order valence-corrected chi connectivity index (χ0v) is 12.5. The lowest BCUT2D eigenvalue weighted by molar-refractivity contribution is -0.154. The number of esters is 1. The lowest BCUT2D eigenvalue weighted by Gasteiger charge is -2.29. The van der Waals surface area contributed by atoms with Crippen molar-refractivity contribution in [3.05, 3.63) is 0 Å². The van der Waals surface area contributed by atoms with Gasteiger partial charge in [0, 0.05) is 6.04 Å². The zero-order valence-electron chi connectivity index (χ0n) is 12.5. The molecule has 0 aromatic carbocycles. The maximum atomic E-state index is 11.7. The van der Waals surface area contributed by atoms with Crippen molar-refractivity contribution in [1.82, 2.24) is 10.6 Å². The van der Waals surface area contributed by atoms with Gasteiger partial charge in [-0.1, -0.05) is 26.2 Å². The van der Waals surface area contributed by atoms with E-state index in [9.17, 15) is 14.4 Å². The zero-order chi connectivity index (χ0) is 15.2. The highest BCUT2D eigenvalue weighted by Gasteiger charge is 2.27. The predicted octanol–water partition coefficient (Wildman–Crippen LogP) is 1.73. The van der Waals surface area contributed by atoms with E-state index in [2.05, 4.69) is 17.6 Å². The molecule has 0 spiro atoms. The number of carbonyl (C=O) groups excluding carboxylic acids is 3. The Balaban J connectivity index is 1.64. The Morgan fingerprint density at radius 3 is 2.38 bits per heavy atom. The van der Waals surface area contributed by atoms with Gasteiger partial charge in [0.2, 0.25) is 0 Å². The minimum atomic E-state index is -0.580. The van der Waals surface area contributed by atoms with Gasteiger partial charge in [0.1, 0.15) is 0 Å². The first kappa shape index (κ1) is 15.8. The molecule has 2 aliphatic carbocycles. The molecule has 6 nitrogen and oxygen atoms in total. The molecule has 6 heteroatoms. The van der Waals surface area contributed by atoms with Crippen LogP contribution in [0.2, 0.25) is 0 Å². The number of nitrogens with one attached hydrogen (secondary N) is 2. The molecule has 21 heavy (non-hydrogen) atoms. The van der Waals surface area contributed by atoms with Crippen LogP contribution in [0.5, 0.6) is 0 Å². The molecule has 3 amide bonds. The highest BCUT2D eigenvalue weighted by atomic mass is 16.5. The smallest absolute Gasteiger partial charge is 0.321 e. The van der Waals surface area contributed by atoms with E-state index in [1.54, 1.807) is 0 Å². The molecule has 0 radical (unpaired) electrons. The molecule has 2 atom stereocenters. The van der Waals surface area contributed by atoms with Gasteiger partial charge in [-0.3, -0.25) is 14.9 Å². The Bertz CT molecular complexity index is 406. The summed E-state index contributed by atoms with van der Waals surface area (Å²) < 4.78 is 4.89. The number of hydrogen-bond donors (Lipinski definition) is 2. The summed E-state index contributed by atoms with van der Waals surface area (Å²) in [6, 6.07) is -0.387. The molecule has 0 aliphatic heterocycles. The third kappa shape index (κ3) is 4.72. The van der Waals surface area contributed by atoms with Crippen LogP contribution in [-0.4, -0.2) is 30.6 Å². The maximum Gasteiger partial charge on any atom is 0.321 e. The predicted molar refractivity (Wildman–Crippen MR) is 76.4 cm³/mol. The molecule has 0 saturated heterocycles. The second-order valence-corrected chi connectivity index (χ2v) is 6.13. The minimum absolute atomic E-state index is 0.0604. The first-order chi connectivity index (χ1) is 10.1. The molecule has 0 heterocycles. The number of rotatable bonds is 4. The van der Waals surface area contributed by atoms with Crippen LogP contribution in [0.15, 0.2) is 0 Å². The summed E-state index contributed by atoms with van der Waals surface area (Å²) in [5, 5.41) is 5.03. The van der Waals surface area contributed by atoms with E-state index in [1.807, 2.05) is 0 Å². The third-order valence-corrected chi connectivity index (χ3v) is 4.46. The Hall–Kier alpha value is -1.59. The van der Waals surface area contributed by atoms with E-state index in [0.717, 1.165) is 38.5 Å². The van der Waals surface area contributed by atoms with Gasteiger partial charge in [0.05, 0.1) is 5.92 Å². The number of imide groups is 1. The average molecular weight is 296 g/mol. The van der Waals surface area contributed by atoms with Crippen LogP contribution >= 0.6 is 0 Å². The Kier molecular flexibility index (Phi) is 5.59. The van der Waals surface area contributed by atoms with Crippen molar-refractivity contribution in [2.45, 2.75) is 57.9 Å². The average Bonchev–Trinajstić information content (AvgIpc) is 2.37. The van der Waals surface area contributed by atoms with E-state index < -0.39 is 11.9 Å². The van der Waals surface area contributed by atoms with Crippen molar-refractivity contribution >= 4 is 17.9 Å². The molecule has 0 aromatic rings. The van der Waals surface area contributed by atoms with Gasteiger partial charge >= 0.3 is 12.0 Å². The quantitative estimate of drug-likeness (QED) is 0.774. The van der Waals surface area contributed by atoms with E-state index in [1.165, 1.54) is 6.42 Å². The van der Waals surface area contributed by atoms with Gasteiger partial charge in [-0.05, 0) is 31.6 Å². The van der Waals surface area contributed by atoms with Gasteiger partial charge in [-0.2, -0.15) is 0 Å². The van der Waals surface area contributed by atoms with Crippen LogP contribution in [0.25, 0.3) is 0 Å². The van der Waals surface area contributed by atoms with Crippen molar-refractivity contribution in [3.63, 3.8) is 0 Å². The summed E-state index contributed by atoms with van der Waals surface area (Å²) in [4.78, 5) is 34.8.